The van der Waals surface area contributed by atoms with E-state index in [1.807, 2.05) is 38.1 Å². The zero-order valence-corrected chi connectivity index (χ0v) is 27.8. The summed E-state index contributed by atoms with van der Waals surface area (Å²) in [6, 6.07) is 6.27. The van der Waals surface area contributed by atoms with Gasteiger partial charge in [0.15, 0.2) is 15.6 Å². The summed E-state index contributed by atoms with van der Waals surface area (Å²) in [7, 11) is -3.25. The fourth-order valence-corrected chi connectivity index (χ4v) is 5.12. The Hall–Kier alpha value is -3.41. The number of hydrogen-bond donors (Lipinski definition) is 4. The van der Waals surface area contributed by atoms with Crippen molar-refractivity contribution in [2.75, 3.05) is 24.2 Å². The van der Waals surface area contributed by atoms with Gasteiger partial charge < -0.3 is 26.4 Å². The highest BCUT2D eigenvalue weighted by molar-refractivity contribution is 7.94. The van der Waals surface area contributed by atoms with Crippen molar-refractivity contribution < 1.29 is 32.3 Å². The van der Waals surface area contributed by atoms with Crippen molar-refractivity contribution in [1.82, 2.24) is 10.6 Å². The Morgan fingerprint density at radius 3 is 2.25 bits per heavy atom. The molecule has 11 nitrogen and oxygen atoms in total. The number of amides is 3. The third kappa shape index (κ3) is 16.4. The minimum Gasteiger partial charge on any atom is -0.460 e. The second-order valence-electron chi connectivity index (χ2n) is 12.5. The van der Waals surface area contributed by atoms with Gasteiger partial charge in [-0.15, -0.1) is 0 Å². The number of sulfone groups is 1. The van der Waals surface area contributed by atoms with Gasteiger partial charge >= 0.3 is 12.0 Å². The lowest BCUT2D eigenvalue weighted by atomic mass is 9.89. The molecular weight excluding hydrogens is 584 g/mol. The molecule has 0 aromatic heterocycles. The number of hydrogen-bond acceptors (Lipinski definition) is 8. The highest BCUT2D eigenvalue weighted by atomic mass is 32.2. The van der Waals surface area contributed by atoms with Gasteiger partial charge in [0.2, 0.25) is 5.91 Å². The molecule has 0 aliphatic heterocycles. The number of unbranched alkanes of at least 4 members (excludes halogenated alkanes) is 2. The molecule has 0 fully saturated rings. The molecule has 0 radical (unpaired) electrons. The maximum absolute atomic E-state index is 13.4. The second-order valence-corrected chi connectivity index (χ2v) is 14.6. The van der Waals surface area contributed by atoms with Gasteiger partial charge in [0.05, 0.1) is 17.2 Å². The first kappa shape index (κ1) is 38.6. The molecule has 1 rings (SSSR count). The SMILES string of the molecule is C=CS(=O)(=O)CCCCCC(=O)N[C@@H](C(=O)C[C@H](CCCNC(N)=O)CNc1ccc(COC(=O)C(C)(C)C)cc1)C(C)C. The molecule has 1 aromatic carbocycles. The number of primary amides is 1. The minimum absolute atomic E-state index is 0.00657. The summed E-state index contributed by atoms with van der Waals surface area (Å²) >= 11 is 0. The van der Waals surface area contributed by atoms with Crippen LogP contribution in [0.15, 0.2) is 36.3 Å². The van der Waals surface area contributed by atoms with Crippen molar-refractivity contribution in [3.8, 4) is 0 Å². The topological polar surface area (TPSA) is 174 Å². The van der Waals surface area contributed by atoms with Crippen LogP contribution in [0, 0.1) is 17.3 Å². The summed E-state index contributed by atoms with van der Waals surface area (Å²) in [6.07, 6.45) is 3.26. The third-order valence-corrected chi connectivity index (χ3v) is 8.39. The van der Waals surface area contributed by atoms with Gasteiger partial charge in [-0.2, -0.15) is 0 Å². The van der Waals surface area contributed by atoms with Crippen LogP contribution in [0.4, 0.5) is 10.5 Å². The van der Waals surface area contributed by atoms with Crippen molar-refractivity contribution >= 4 is 39.2 Å². The molecule has 2 atom stereocenters. The first-order valence-electron chi connectivity index (χ1n) is 15.2. The van der Waals surface area contributed by atoms with E-state index in [4.69, 9.17) is 10.5 Å². The molecule has 3 amide bonds. The predicted molar refractivity (Wildman–Crippen MR) is 173 cm³/mol. The maximum Gasteiger partial charge on any atom is 0.312 e. The zero-order valence-electron chi connectivity index (χ0n) is 26.9. The molecule has 12 heteroatoms. The van der Waals surface area contributed by atoms with Gasteiger partial charge in [-0.3, -0.25) is 14.4 Å². The molecule has 0 saturated carbocycles. The number of carbonyl (C=O) groups excluding carboxylic acids is 4. The number of ketones is 1. The number of carbonyl (C=O) groups is 4. The Kier molecular flexibility index (Phi) is 16.7. The number of nitrogens with one attached hydrogen (secondary N) is 3. The van der Waals surface area contributed by atoms with Crippen LogP contribution in [0.1, 0.15) is 85.1 Å². The normalized spacial score (nSPS) is 13.0. The van der Waals surface area contributed by atoms with E-state index in [0.717, 1.165) is 16.7 Å². The van der Waals surface area contributed by atoms with E-state index in [1.165, 1.54) is 0 Å². The van der Waals surface area contributed by atoms with Crippen LogP contribution in [0.3, 0.4) is 0 Å². The molecular formula is C32H52N4O7S. The number of benzene rings is 1. The standard InChI is InChI=1S/C32H52N4O7S/c1-7-44(41,42)19-10-8-9-13-28(38)36-29(23(2)3)27(37)20-25(12-11-18-34-31(33)40)21-35-26-16-14-24(15-17-26)22-43-30(39)32(4,5)6/h7,14-17,23,25,29,35H,1,8-13,18-22H2,2-6H3,(H,36,38)(H3,33,34,40)/t25-,29+/m0/s1. The molecule has 0 heterocycles. The van der Waals surface area contributed by atoms with E-state index < -0.39 is 27.3 Å². The van der Waals surface area contributed by atoms with E-state index in [1.54, 1.807) is 20.8 Å². The molecule has 5 N–H and O–H groups in total. The molecule has 44 heavy (non-hydrogen) atoms. The largest absolute Gasteiger partial charge is 0.460 e. The Labute approximate surface area is 263 Å². The lowest BCUT2D eigenvalue weighted by molar-refractivity contribution is -0.154. The van der Waals surface area contributed by atoms with E-state index in [2.05, 4.69) is 22.5 Å². The quantitative estimate of drug-likeness (QED) is 0.113. The number of esters is 1. The molecule has 0 spiro atoms. The minimum atomic E-state index is -3.25. The molecule has 0 bridgehead atoms. The molecule has 1 aromatic rings. The average molecular weight is 637 g/mol. The Morgan fingerprint density at radius 2 is 1.68 bits per heavy atom. The van der Waals surface area contributed by atoms with Gasteiger partial charge in [-0.1, -0.05) is 39.0 Å². The number of Topliss-reactive ketones (excluding diaryl/α,β-unsaturated/α-hetero) is 1. The van der Waals surface area contributed by atoms with E-state index in [0.29, 0.717) is 45.2 Å². The maximum atomic E-state index is 13.4. The van der Waals surface area contributed by atoms with Crippen LogP contribution < -0.4 is 21.7 Å². The number of urea groups is 1. The number of rotatable bonds is 21. The van der Waals surface area contributed by atoms with Crippen LogP contribution in [0.2, 0.25) is 0 Å². The first-order chi connectivity index (χ1) is 20.5. The number of anilines is 1. The molecule has 0 unspecified atom stereocenters. The van der Waals surface area contributed by atoms with Crippen molar-refractivity contribution in [2.45, 2.75) is 92.2 Å². The summed E-state index contributed by atoms with van der Waals surface area (Å²) in [4.78, 5) is 49.1. The van der Waals surface area contributed by atoms with Gasteiger partial charge in [0.1, 0.15) is 6.61 Å². The fourth-order valence-electron chi connectivity index (χ4n) is 4.35. The molecule has 248 valence electrons. The van der Waals surface area contributed by atoms with Crippen molar-refractivity contribution in [3.05, 3.63) is 41.8 Å². The number of ether oxygens (including phenoxy) is 1. The van der Waals surface area contributed by atoms with E-state index >= 15 is 0 Å². The fraction of sp³-hybridized carbons (Fsp3) is 0.625. The van der Waals surface area contributed by atoms with Gasteiger partial charge in [0.25, 0.3) is 0 Å². The van der Waals surface area contributed by atoms with Crippen LogP contribution in [0.5, 0.6) is 0 Å². The van der Waals surface area contributed by atoms with Crippen molar-refractivity contribution in [2.24, 2.45) is 23.0 Å². The van der Waals surface area contributed by atoms with Crippen molar-refractivity contribution in [1.29, 1.82) is 0 Å². The smallest absolute Gasteiger partial charge is 0.312 e. The van der Waals surface area contributed by atoms with Crippen LogP contribution in [0.25, 0.3) is 0 Å². The van der Waals surface area contributed by atoms with E-state index in [-0.39, 0.29) is 54.7 Å². The van der Waals surface area contributed by atoms with Crippen LogP contribution in [-0.2, 0) is 35.6 Å². The zero-order chi connectivity index (χ0) is 33.3. The lowest BCUT2D eigenvalue weighted by Gasteiger charge is -2.25. The van der Waals surface area contributed by atoms with Gasteiger partial charge in [-0.05, 0) is 76.0 Å². The Morgan fingerprint density at radius 1 is 1.02 bits per heavy atom. The second kappa shape index (κ2) is 19.1. The summed E-state index contributed by atoms with van der Waals surface area (Å²) in [6.45, 7) is 13.5. The van der Waals surface area contributed by atoms with Crippen molar-refractivity contribution in [3.63, 3.8) is 0 Å². The first-order valence-corrected chi connectivity index (χ1v) is 17.0. The Balaban J connectivity index is 2.75. The average Bonchev–Trinajstić information content (AvgIpc) is 2.94. The number of nitrogens with two attached hydrogens (primary N) is 1. The molecule has 0 aliphatic rings. The third-order valence-electron chi connectivity index (χ3n) is 7.03. The summed E-state index contributed by atoms with van der Waals surface area (Å²) in [5.41, 5.74) is 6.31. The summed E-state index contributed by atoms with van der Waals surface area (Å²) < 4.78 is 28.4. The lowest BCUT2D eigenvalue weighted by Crippen LogP contribution is -2.45. The predicted octanol–water partition coefficient (Wildman–Crippen LogP) is 4.47. The monoisotopic (exact) mass is 636 g/mol. The highest BCUT2D eigenvalue weighted by Gasteiger charge is 2.26. The molecule has 0 saturated heterocycles. The van der Waals surface area contributed by atoms with E-state index in [9.17, 15) is 27.6 Å². The summed E-state index contributed by atoms with van der Waals surface area (Å²) in [5.74, 6) is -0.768. The highest BCUT2D eigenvalue weighted by Crippen LogP contribution is 2.20. The van der Waals surface area contributed by atoms with Crippen LogP contribution in [-0.4, -0.2) is 57.0 Å². The summed E-state index contributed by atoms with van der Waals surface area (Å²) in [5, 5.41) is 9.77. The van der Waals surface area contributed by atoms with Crippen LogP contribution >= 0.6 is 0 Å². The van der Waals surface area contributed by atoms with Gasteiger partial charge in [0, 0.05) is 37.0 Å². The van der Waals surface area contributed by atoms with Gasteiger partial charge in [-0.25, -0.2) is 13.2 Å². The molecule has 0 aliphatic carbocycles. The Bertz CT molecular complexity index is 1190.